The number of aromatic nitrogens is 2. The predicted octanol–water partition coefficient (Wildman–Crippen LogP) is 1.49. The predicted molar refractivity (Wildman–Crippen MR) is 63.1 cm³/mol. The van der Waals surface area contributed by atoms with Crippen molar-refractivity contribution in [1.82, 2.24) is 20.2 Å². The van der Waals surface area contributed by atoms with Gasteiger partial charge in [-0.2, -0.15) is 0 Å². The van der Waals surface area contributed by atoms with Gasteiger partial charge < -0.3 is 10.2 Å². The molecule has 1 saturated heterocycles. The number of urea groups is 1. The van der Waals surface area contributed by atoms with Gasteiger partial charge in [-0.3, -0.25) is 0 Å². The van der Waals surface area contributed by atoms with Gasteiger partial charge in [0, 0.05) is 12.4 Å². The van der Waals surface area contributed by atoms with Gasteiger partial charge in [-0.05, 0) is 22.9 Å². The number of nitrogens with one attached hydrogen (secondary N) is 1. The topological polar surface area (TPSA) is 58.1 Å². The van der Waals surface area contributed by atoms with Gasteiger partial charge in [0.25, 0.3) is 0 Å². The fourth-order valence-electron chi connectivity index (χ4n) is 1.59. The van der Waals surface area contributed by atoms with Crippen LogP contribution in [0.1, 0.15) is 12.7 Å². The first kappa shape index (κ1) is 12.2. The lowest BCUT2D eigenvalue weighted by Gasteiger charge is -2.41. The molecule has 0 atom stereocenters. The second-order valence-corrected chi connectivity index (χ2v) is 5.16. The third-order valence-corrected chi connectivity index (χ3v) is 2.81. The highest BCUT2D eigenvalue weighted by atomic mass is 79.9. The van der Waals surface area contributed by atoms with E-state index in [4.69, 9.17) is 0 Å². The van der Waals surface area contributed by atoms with Gasteiger partial charge in [-0.15, -0.1) is 0 Å². The third-order valence-electron chi connectivity index (χ3n) is 2.40. The Bertz CT molecular complexity index is 415. The number of hydrogen-bond acceptors (Lipinski definition) is 3. The lowest BCUT2D eigenvalue weighted by molar-refractivity contribution is 0.00996. The molecular weight excluding hydrogens is 291 g/mol. The van der Waals surface area contributed by atoms with Crippen LogP contribution in [0.3, 0.4) is 0 Å². The van der Waals surface area contributed by atoms with E-state index in [-0.39, 0.29) is 25.7 Å². The highest BCUT2D eigenvalue weighted by Gasteiger charge is 2.41. The number of carbonyl (C=O) groups is 1. The Hall–Kier alpha value is -1.24. The maximum absolute atomic E-state index is 13.2. The summed E-state index contributed by atoms with van der Waals surface area (Å²) in [6, 6.07) is -0.286. The van der Waals surface area contributed by atoms with Crippen LogP contribution in [0.15, 0.2) is 16.9 Å². The molecule has 0 spiro atoms. The molecule has 1 aliphatic heterocycles. The first-order valence-electron chi connectivity index (χ1n) is 5.14. The fraction of sp³-hybridized carbons (Fsp3) is 0.500. The highest BCUT2D eigenvalue weighted by Crippen LogP contribution is 2.23. The van der Waals surface area contributed by atoms with Gasteiger partial charge in [-0.25, -0.2) is 19.2 Å². The summed E-state index contributed by atoms with van der Waals surface area (Å²) in [7, 11) is 0. The number of rotatable bonds is 2. The summed E-state index contributed by atoms with van der Waals surface area (Å²) in [5.74, 6) is 0.519. The Labute approximate surface area is 107 Å². The average Bonchev–Trinajstić information content (AvgIpc) is 2.24. The van der Waals surface area contributed by atoms with Crippen molar-refractivity contribution in [2.24, 2.45) is 0 Å². The van der Waals surface area contributed by atoms with Crippen molar-refractivity contribution in [3.8, 4) is 0 Å². The van der Waals surface area contributed by atoms with E-state index in [2.05, 4.69) is 31.2 Å². The normalized spacial score (nSPS) is 17.5. The molecule has 0 saturated carbocycles. The zero-order chi connectivity index (χ0) is 12.5. The Morgan fingerprint density at radius 3 is 2.71 bits per heavy atom. The molecule has 0 bridgehead atoms. The maximum Gasteiger partial charge on any atom is 0.317 e. The molecule has 1 aliphatic rings. The van der Waals surface area contributed by atoms with Crippen molar-refractivity contribution < 1.29 is 9.18 Å². The third kappa shape index (κ3) is 3.12. The fourth-order valence-corrected chi connectivity index (χ4v) is 1.79. The molecule has 2 rings (SSSR count). The minimum absolute atomic E-state index is 0.139. The minimum Gasteiger partial charge on any atom is -0.331 e. The van der Waals surface area contributed by atoms with Crippen molar-refractivity contribution in [1.29, 1.82) is 0 Å². The first-order chi connectivity index (χ1) is 7.96. The monoisotopic (exact) mass is 302 g/mol. The van der Waals surface area contributed by atoms with E-state index in [0.717, 1.165) is 4.47 Å². The van der Waals surface area contributed by atoms with E-state index in [0.29, 0.717) is 5.82 Å². The number of nitrogens with zero attached hydrogens (tertiary/aromatic N) is 3. The summed E-state index contributed by atoms with van der Waals surface area (Å²) in [5.41, 5.74) is -1.24. The largest absolute Gasteiger partial charge is 0.331 e. The molecule has 1 fully saturated rings. The first-order valence-corrected chi connectivity index (χ1v) is 5.94. The zero-order valence-electron chi connectivity index (χ0n) is 9.28. The summed E-state index contributed by atoms with van der Waals surface area (Å²) < 4.78 is 14.0. The van der Waals surface area contributed by atoms with Crippen molar-refractivity contribution in [3.05, 3.63) is 22.7 Å². The van der Waals surface area contributed by atoms with E-state index >= 15 is 0 Å². The smallest absolute Gasteiger partial charge is 0.317 e. The molecule has 2 amide bonds. The van der Waals surface area contributed by atoms with Gasteiger partial charge in [0.05, 0.1) is 24.1 Å². The molecule has 1 N–H and O–H groups in total. The van der Waals surface area contributed by atoms with Gasteiger partial charge in [-0.1, -0.05) is 0 Å². The number of hydrogen-bond donors (Lipinski definition) is 1. The van der Waals surface area contributed by atoms with Crippen LogP contribution in [0.2, 0.25) is 0 Å². The standard InChI is InChI=1S/C10H12BrFN4O/c1-10(12)5-16(6-10)9(17)15-4-8-13-2-7(11)3-14-8/h2-3H,4-6H2,1H3,(H,15,17). The lowest BCUT2D eigenvalue weighted by atomic mass is 10.00. The molecule has 92 valence electrons. The summed E-state index contributed by atoms with van der Waals surface area (Å²) in [6.45, 7) is 2.00. The summed E-state index contributed by atoms with van der Waals surface area (Å²) in [5, 5.41) is 2.64. The summed E-state index contributed by atoms with van der Waals surface area (Å²) in [6.07, 6.45) is 3.22. The Kier molecular flexibility index (Phi) is 3.28. The van der Waals surface area contributed by atoms with Crippen LogP contribution in [-0.4, -0.2) is 39.7 Å². The van der Waals surface area contributed by atoms with E-state index < -0.39 is 5.67 Å². The Balaban J connectivity index is 1.79. The molecule has 5 nitrogen and oxygen atoms in total. The summed E-state index contributed by atoms with van der Waals surface area (Å²) >= 11 is 3.22. The molecular formula is C10H12BrFN4O. The molecule has 0 unspecified atom stereocenters. The van der Waals surface area contributed by atoms with Crippen LogP contribution >= 0.6 is 15.9 Å². The quantitative estimate of drug-likeness (QED) is 0.900. The van der Waals surface area contributed by atoms with Gasteiger partial charge in [0.15, 0.2) is 0 Å². The second-order valence-electron chi connectivity index (χ2n) is 4.25. The van der Waals surface area contributed by atoms with Crippen molar-refractivity contribution in [3.63, 3.8) is 0 Å². The number of amides is 2. The van der Waals surface area contributed by atoms with Gasteiger partial charge >= 0.3 is 6.03 Å². The van der Waals surface area contributed by atoms with Crippen LogP contribution < -0.4 is 5.32 Å². The van der Waals surface area contributed by atoms with Crippen LogP contribution in [0.5, 0.6) is 0 Å². The molecule has 0 aliphatic carbocycles. The van der Waals surface area contributed by atoms with E-state index in [1.807, 2.05) is 0 Å². The Morgan fingerprint density at radius 2 is 2.18 bits per heavy atom. The van der Waals surface area contributed by atoms with Crippen LogP contribution in [0, 0.1) is 0 Å². The lowest BCUT2D eigenvalue weighted by Crippen LogP contribution is -2.61. The number of halogens is 2. The number of likely N-dealkylation sites (tertiary alicyclic amines) is 1. The van der Waals surface area contributed by atoms with E-state index in [9.17, 15) is 9.18 Å². The summed E-state index contributed by atoms with van der Waals surface area (Å²) in [4.78, 5) is 21.0. The molecule has 7 heteroatoms. The molecule has 2 heterocycles. The zero-order valence-corrected chi connectivity index (χ0v) is 10.9. The second kappa shape index (κ2) is 4.56. The number of carbonyl (C=O) groups excluding carboxylic acids is 1. The van der Waals surface area contributed by atoms with Gasteiger partial charge in [0.1, 0.15) is 11.5 Å². The van der Waals surface area contributed by atoms with Gasteiger partial charge in [0.2, 0.25) is 0 Å². The molecule has 1 aromatic rings. The molecule has 0 radical (unpaired) electrons. The SMILES string of the molecule is CC1(F)CN(C(=O)NCc2ncc(Br)cn2)C1. The van der Waals surface area contributed by atoms with Crippen molar-refractivity contribution >= 4 is 22.0 Å². The Morgan fingerprint density at radius 1 is 1.59 bits per heavy atom. The highest BCUT2D eigenvalue weighted by molar-refractivity contribution is 9.10. The van der Waals surface area contributed by atoms with Crippen molar-refractivity contribution in [2.75, 3.05) is 13.1 Å². The molecule has 1 aromatic heterocycles. The maximum atomic E-state index is 13.2. The molecule has 17 heavy (non-hydrogen) atoms. The van der Waals surface area contributed by atoms with E-state index in [1.54, 1.807) is 12.4 Å². The average molecular weight is 303 g/mol. The van der Waals surface area contributed by atoms with Crippen LogP contribution in [0.4, 0.5) is 9.18 Å². The number of alkyl halides is 1. The van der Waals surface area contributed by atoms with Crippen LogP contribution in [-0.2, 0) is 6.54 Å². The molecule has 0 aromatic carbocycles. The van der Waals surface area contributed by atoms with Crippen molar-refractivity contribution in [2.45, 2.75) is 19.1 Å². The minimum atomic E-state index is -1.24. The van der Waals surface area contributed by atoms with Crippen LogP contribution in [0.25, 0.3) is 0 Å². The van der Waals surface area contributed by atoms with E-state index in [1.165, 1.54) is 11.8 Å².